The minimum absolute atomic E-state index is 0.217. The monoisotopic (exact) mass is 523 g/mol. The van der Waals surface area contributed by atoms with E-state index in [2.05, 4.69) is 5.32 Å². The summed E-state index contributed by atoms with van der Waals surface area (Å²) >= 11 is 0. The minimum atomic E-state index is -0.618. The molecule has 8 heteroatoms. The molecule has 6 nitrogen and oxygen atoms in total. The van der Waals surface area contributed by atoms with E-state index in [4.69, 9.17) is 5.10 Å². The molecule has 0 unspecified atom stereocenters. The average Bonchev–Trinajstić information content (AvgIpc) is 3.52. The van der Waals surface area contributed by atoms with Crippen LogP contribution in [0.5, 0.6) is 0 Å². The van der Waals surface area contributed by atoms with Crippen LogP contribution in [0, 0.1) is 18.6 Å². The number of hydrogen-bond acceptors (Lipinski definition) is 2. The molecule has 0 saturated heterocycles. The summed E-state index contributed by atoms with van der Waals surface area (Å²) in [5.74, 6) is 0.0353. The number of aromatic nitrogens is 3. The third-order valence-corrected chi connectivity index (χ3v) is 7.15. The third kappa shape index (κ3) is 4.37. The normalized spacial score (nSPS) is 14.5. The fraction of sp³-hybridized carbons (Fsp3) is 0.161. The van der Waals surface area contributed by atoms with Crippen LogP contribution in [0.3, 0.4) is 0 Å². The fourth-order valence-corrected chi connectivity index (χ4v) is 5.24. The molecule has 3 heterocycles. The van der Waals surface area contributed by atoms with Crippen LogP contribution in [0.4, 0.5) is 19.3 Å². The molecule has 1 aliphatic rings. The number of para-hydroxylation sites is 1. The van der Waals surface area contributed by atoms with Gasteiger partial charge < -0.3 is 14.8 Å². The van der Waals surface area contributed by atoms with Crippen molar-refractivity contribution in [2.75, 3.05) is 5.32 Å². The highest BCUT2D eigenvalue weighted by Crippen LogP contribution is 2.39. The molecule has 0 saturated carbocycles. The van der Waals surface area contributed by atoms with Crippen molar-refractivity contribution >= 4 is 11.7 Å². The molecule has 39 heavy (non-hydrogen) atoms. The second kappa shape index (κ2) is 9.87. The Morgan fingerprint density at radius 1 is 1.00 bits per heavy atom. The first-order chi connectivity index (χ1) is 18.9. The molecule has 0 aliphatic carbocycles. The molecule has 0 radical (unpaired) electrons. The molecule has 5 aromatic rings. The summed E-state index contributed by atoms with van der Waals surface area (Å²) in [6.07, 6.45) is 2.60. The number of fused-ring (bicyclic) bond motifs is 3. The Morgan fingerprint density at radius 2 is 1.82 bits per heavy atom. The predicted octanol–water partition coefficient (Wildman–Crippen LogP) is 6.95. The number of urea groups is 1. The molecule has 0 bridgehead atoms. The molecule has 0 spiro atoms. The van der Waals surface area contributed by atoms with Crippen LogP contribution in [-0.4, -0.2) is 25.3 Å². The van der Waals surface area contributed by atoms with Crippen molar-refractivity contribution < 1.29 is 13.6 Å². The fourth-order valence-electron chi connectivity index (χ4n) is 5.24. The van der Waals surface area contributed by atoms with Gasteiger partial charge in [0.1, 0.15) is 17.5 Å². The number of nitrogens with one attached hydrogen (secondary N) is 1. The summed E-state index contributed by atoms with van der Waals surface area (Å²) in [6, 6.07) is 23.5. The maximum Gasteiger partial charge on any atom is 0.322 e. The van der Waals surface area contributed by atoms with Crippen molar-refractivity contribution in [1.82, 2.24) is 19.2 Å². The lowest BCUT2D eigenvalue weighted by atomic mass is 10.0. The van der Waals surface area contributed by atoms with Gasteiger partial charge in [0, 0.05) is 17.4 Å². The van der Waals surface area contributed by atoms with E-state index in [1.807, 2.05) is 70.9 Å². The third-order valence-electron chi connectivity index (χ3n) is 7.15. The molecular weight excluding hydrogens is 496 g/mol. The smallest absolute Gasteiger partial charge is 0.308 e. The van der Waals surface area contributed by atoms with Gasteiger partial charge in [-0.05, 0) is 73.0 Å². The van der Waals surface area contributed by atoms with Gasteiger partial charge in [0.15, 0.2) is 0 Å². The molecule has 0 fully saturated rings. The number of aryl methyl sites for hydroxylation is 2. The molecule has 2 aromatic heterocycles. The molecule has 1 aliphatic heterocycles. The van der Waals surface area contributed by atoms with Gasteiger partial charge >= 0.3 is 6.03 Å². The standard InChI is InChI=1S/C31H27F2N5O/c1-3-27-25-19-37(31(39)34-23-15-14-20(2)26(33)18-23)29(21-9-7-10-22(32)17-21)28-13-8-16-36(28)30(25)38(35-27)24-11-5-4-6-12-24/h4-18,29H,3,19H2,1-2H3,(H,34,39)/t29-/m1/s1. The molecule has 6 rings (SSSR count). The number of hydrogen-bond donors (Lipinski definition) is 1. The zero-order valence-electron chi connectivity index (χ0n) is 21.6. The topological polar surface area (TPSA) is 55.1 Å². The highest BCUT2D eigenvalue weighted by Gasteiger charge is 2.36. The second-order valence-corrected chi connectivity index (χ2v) is 9.63. The number of nitrogens with zero attached hydrogens (tertiary/aromatic N) is 4. The highest BCUT2D eigenvalue weighted by atomic mass is 19.1. The number of benzene rings is 3. The minimum Gasteiger partial charge on any atom is -0.308 e. The molecule has 1 atom stereocenters. The van der Waals surface area contributed by atoms with E-state index < -0.39 is 23.7 Å². The van der Waals surface area contributed by atoms with Gasteiger partial charge in [-0.3, -0.25) is 0 Å². The summed E-state index contributed by atoms with van der Waals surface area (Å²) in [7, 11) is 0. The van der Waals surface area contributed by atoms with Crippen LogP contribution in [0.25, 0.3) is 11.5 Å². The zero-order valence-corrected chi connectivity index (χ0v) is 21.6. The maximum absolute atomic E-state index is 14.5. The van der Waals surface area contributed by atoms with E-state index in [-0.39, 0.29) is 6.54 Å². The molecule has 2 amide bonds. The van der Waals surface area contributed by atoms with Gasteiger partial charge in [0.05, 0.1) is 29.7 Å². The van der Waals surface area contributed by atoms with Gasteiger partial charge in [0.25, 0.3) is 0 Å². The number of amides is 2. The summed E-state index contributed by atoms with van der Waals surface area (Å²) in [6.45, 7) is 3.92. The molecule has 3 aromatic carbocycles. The Labute approximate surface area is 225 Å². The van der Waals surface area contributed by atoms with Crippen LogP contribution in [0.15, 0.2) is 91.1 Å². The number of carbonyl (C=O) groups is 1. The molecular formula is C31H27F2N5O. The van der Waals surface area contributed by atoms with Crippen molar-refractivity contribution in [1.29, 1.82) is 0 Å². The van der Waals surface area contributed by atoms with Crippen LogP contribution in [0.2, 0.25) is 0 Å². The number of carbonyl (C=O) groups excluding carboxylic acids is 1. The molecule has 1 N–H and O–H groups in total. The van der Waals surface area contributed by atoms with Crippen LogP contribution >= 0.6 is 0 Å². The summed E-state index contributed by atoms with van der Waals surface area (Å²) in [5.41, 5.74) is 4.88. The van der Waals surface area contributed by atoms with E-state index in [1.165, 1.54) is 18.2 Å². The van der Waals surface area contributed by atoms with Crippen molar-refractivity contribution in [3.05, 3.63) is 131 Å². The van der Waals surface area contributed by atoms with Crippen molar-refractivity contribution in [2.45, 2.75) is 32.9 Å². The summed E-state index contributed by atoms with van der Waals surface area (Å²) in [5, 5.41) is 7.81. The SMILES string of the molecule is CCc1nn(-c2ccccc2)c2c1CN(C(=O)Nc1ccc(C)c(F)c1)[C@H](c1cccc(F)c1)c1cccn1-2. The van der Waals surface area contributed by atoms with Gasteiger partial charge in [-0.1, -0.05) is 43.3 Å². The number of anilines is 1. The van der Waals surface area contributed by atoms with E-state index in [9.17, 15) is 13.6 Å². The van der Waals surface area contributed by atoms with E-state index in [0.717, 1.165) is 28.5 Å². The van der Waals surface area contributed by atoms with Crippen molar-refractivity contribution in [2.24, 2.45) is 0 Å². The largest absolute Gasteiger partial charge is 0.322 e. The average molecular weight is 524 g/mol. The Morgan fingerprint density at radius 3 is 2.56 bits per heavy atom. The lowest BCUT2D eigenvalue weighted by Crippen LogP contribution is -2.38. The van der Waals surface area contributed by atoms with Gasteiger partial charge in [-0.2, -0.15) is 5.10 Å². The zero-order chi connectivity index (χ0) is 27.1. The van der Waals surface area contributed by atoms with E-state index in [0.29, 0.717) is 23.2 Å². The van der Waals surface area contributed by atoms with Gasteiger partial charge in [-0.25, -0.2) is 18.3 Å². The Kier molecular flexibility index (Phi) is 6.23. The van der Waals surface area contributed by atoms with E-state index >= 15 is 0 Å². The lowest BCUT2D eigenvalue weighted by molar-refractivity contribution is 0.194. The van der Waals surface area contributed by atoms with Gasteiger partial charge in [0.2, 0.25) is 0 Å². The van der Waals surface area contributed by atoms with Crippen molar-refractivity contribution in [3.63, 3.8) is 0 Å². The lowest BCUT2D eigenvalue weighted by Gasteiger charge is -2.31. The van der Waals surface area contributed by atoms with Crippen LogP contribution in [0.1, 0.15) is 41.0 Å². The Balaban J connectivity index is 1.55. The Hall–Kier alpha value is -4.72. The summed E-state index contributed by atoms with van der Waals surface area (Å²) < 4.78 is 32.8. The highest BCUT2D eigenvalue weighted by molar-refractivity contribution is 5.90. The predicted molar refractivity (Wildman–Crippen MR) is 146 cm³/mol. The molecule has 196 valence electrons. The number of rotatable bonds is 4. The first kappa shape index (κ1) is 24.6. The van der Waals surface area contributed by atoms with Gasteiger partial charge in [-0.15, -0.1) is 0 Å². The quantitative estimate of drug-likeness (QED) is 0.277. The van der Waals surface area contributed by atoms with E-state index in [1.54, 1.807) is 30.0 Å². The second-order valence-electron chi connectivity index (χ2n) is 9.63. The first-order valence-corrected chi connectivity index (χ1v) is 12.9. The Bertz CT molecular complexity index is 1670. The van der Waals surface area contributed by atoms with Crippen molar-refractivity contribution in [3.8, 4) is 11.5 Å². The summed E-state index contributed by atoms with van der Waals surface area (Å²) in [4.78, 5) is 15.6. The number of halogens is 2. The first-order valence-electron chi connectivity index (χ1n) is 12.9. The van der Waals surface area contributed by atoms with Crippen LogP contribution in [-0.2, 0) is 13.0 Å². The maximum atomic E-state index is 14.5. The van der Waals surface area contributed by atoms with Crippen LogP contribution < -0.4 is 5.32 Å².